The minimum Gasteiger partial charge on any atom is -0.363 e. The molecule has 0 rings (SSSR count). The highest BCUT2D eigenvalue weighted by molar-refractivity contribution is 4.70. The predicted molar refractivity (Wildman–Crippen MR) is 31.6 cm³/mol. The summed E-state index contributed by atoms with van der Waals surface area (Å²) in [5.41, 5.74) is -1.32. The molecule has 0 aromatic carbocycles. The molecule has 0 aliphatic heterocycles. The van der Waals surface area contributed by atoms with Gasteiger partial charge in [-0.1, -0.05) is 0 Å². The van der Waals surface area contributed by atoms with Crippen molar-refractivity contribution in [1.82, 2.24) is 0 Å². The monoisotopic (exact) mass is 131 g/mol. The van der Waals surface area contributed by atoms with E-state index in [1.165, 1.54) is 13.8 Å². The lowest BCUT2D eigenvalue weighted by atomic mass is 10.2. The molecule has 0 saturated carbocycles. The number of nitrogens with zero attached hydrogens (tertiary/aromatic N) is 1. The van der Waals surface area contributed by atoms with Gasteiger partial charge in [-0.2, -0.15) is 5.26 Å². The molecule has 0 bridgehead atoms. The Morgan fingerprint density at radius 1 is 1.67 bits per heavy atom. The molecule has 0 unspecified atom stereocenters. The van der Waals surface area contributed by atoms with Crippen molar-refractivity contribution in [1.29, 1.82) is 5.26 Å². The summed E-state index contributed by atoms with van der Waals surface area (Å²) in [5.74, 6) is 0. The summed E-state index contributed by atoms with van der Waals surface area (Å²) in [5, 5.41) is 7.97. The zero-order chi connectivity index (χ0) is 7.33. The van der Waals surface area contributed by atoms with Crippen LogP contribution in [0, 0.1) is 11.3 Å². The largest absolute Gasteiger partial charge is 0.363 e. The van der Waals surface area contributed by atoms with E-state index in [0.29, 0.717) is 0 Å². The van der Waals surface area contributed by atoms with Crippen molar-refractivity contribution in [3.8, 4) is 6.07 Å². The van der Waals surface area contributed by atoms with E-state index in [2.05, 4.69) is 4.74 Å². The van der Waals surface area contributed by atoms with Gasteiger partial charge in [0.15, 0.2) is 0 Å². The van der Waals surface area contributed by atoms with Crippen LogP contribution in [-0.2, 0) is 4.74 Å². The molecule has 0 N–H and O–H groups in total. The molecule has 0 amide bonds. The van der Waals surface area contributed by atoms with Crippen LogP contribution in [0.15, 0.2) is 0 Å². The molecule has 0 saturated heterocycles. The molecule has 0 atom stereocenters. The van der Waals surface area contributed by atoms with Gasteiger partial charge in [0.25, 0.3) is 0 Å². The van der Waals surface area contributed by atoms with Crippen molar-refractivity contribution < 1.29 is 9.13 Å². The second-order valence-electron chi connectivity index (χ2n) is 2.37. The number of alkyl halides is 1. The number of hydrogen-bond acceptors (Lipinski definition) is 2. The fourth-order valence-electron chi connectivity index (χ4n) is 0.339. The quantitative estimate of drug-likeness (QED) is 0.540. The molecular weight excluding hydrogens is 121 g/mol. The maximum Gasteiger partial charge on any atom is 0.133 e. The van der Waals surface area contributed by atoms with Gasteiger partial charge < -0.3 is 4.74 Å². The first kappa shape index (κ1) is 8.38. The molecule has 0 radical (unpaired) electrons. The van der Waals surface area contributed by atoms with Crippen molar-refractivity contribution in [2.75, 3.05) is 13.2 Å². The van der Waals surface area contributed by atoms with E-state index in [0.717, 1.165) is 0 Å². The summed E-state index contributed by atoms with van der Waals surface area (Å²) < 4.78 is 17.1. The number of ether oxygens (including phenoxy) is 1. The fraction of sp³-hybridized carbons (Fsp3) is 0.833. The van der Waals surface area contributed by atoms with Crippen molar-refractivity contribution >= 4 is 0 Å². The summed E-state index contributed by atoms with van der Waals surface area (Å²) in [6.07, 6.45) is 0. The highest BCUT2D eigenvalue weighted by atomic mass is 19.1. The van der Waals surface area contributed by atoms with Gasteiger partial charge in [-0.05, 0) is 13.8 Å². The molecule has 0 heterocycles. The topological polar surface area (TPSA) is 33.0 Å². The average molecular weight is 131 g/mol. The normalized spacial score (nSPS) is 10.9. The van der Waals surface area contributed by atoms with Crippen LogP contribution in [0.25, 0.3) is 0 Å². The third kappa shape index (κ3) is 7.38. The Bertz CT molecular complexity index is 111. The lowest BCUT2D eigenvalue weighted by molar-refractivity contribution is 0.0527. The van der Waals surface area contributed by atoms with E-state index < -0.39 is 5.67 Å². The number of nitriles is 1. The van der Waals surface area contributed by atoms with Gasteiger partial charge in [-0.25, -0.2) is 4.39 Å². The Hall–Kier alpha value is -0.620. The van der Waals surface area contributed by atoms with Gasteiger partial charge in [0.05, 0.1) is 12.7 Å². The first-order valence-corrected chi connectivity index (χ1v) is 2.70. The second kappa shape index (κ2) is 3.41. The van der Waals surface area contributed by atoms with Gasteiger partial charge in [0.2, 0.25) is 0 Å². The van der Waals surface area contributed by atoms with Crippen LogP contribution in [0.5, 0.6) is 0 Å². The maximum absolute atomic E-state index is 12.5. The highest BCUT2D eigenvalue weighted by Crippen LogP contribution is 2.07. The molecule has 0 aliphatic carbocycles. The first-order valence-electron chi connectivity index (χ1n) is 2.70. The van der Waals surface area contributed by atoms with E-state index in [4.69, 9.17) is 5.26 Å². The SMILES string of the molecule is CC(C)(F)COCC#N. The van der Waals surface area contributed by atoms with Gasteiger partial charge >= 0.3 is 0 Å². The molecule has 0 aliphatic rings. The molecule has 52 valence electrons. The van der Waals surface area contributed by atoms with Crippen molar-refractivity contribution in [3.63, 3.8) is 0 Å². The summed E-state index contributed by atoms with van der Waals surface area (Å²) in [7, 11) is 0. The Morgan fingerprint density at radius 2 is 2.22 bits per heavy atom. The van der Waals surface area contributed by atoms with Crippen molar-refractivity contribution in [3.05, 3.63) is 0 Å². The Morgan fingerprint density at radius 3 is 2.56 bits per heavy atom. The molecule has 0 aromatic heterocycles. The summed E-state index contributed by atoms with van der Waals surface area (Å²) in [6.45, 7) is 2.77. The summed E-state index contributed by atoms with van der Waals surface area (Å²) in [4.78, 5) is 0. The van der Waals surface area contributed by atoms with E-state index in [9.17, 15) is 4.39 Å². The molecule has 3 heteroatoms. The number of hydrogen-bond donors (Lipinski definition) is 0. The van der Waals surface area contributed by atoms with E-state index in [1.54, 1.807) is 6.07 Å². The van der Waals surface area contributed by atoms with Gasteiger partial charge in [-0.3, -0.25) is 0 Å². The van der Waals surface area contributed by atoms with Gasteiger partial charge in [0, 0.05) is 0 Å². The van der Waals surface area contributed by atoms with Crippen LogP contribution >= 0.6 is 0 Å². The second-order valence-corrected chi connectivity index (χ2v) is 2.37. The maximum atomic E-state index is 12.5. The predicted octanol–water partition coefficient (Wildman–Crippen LogP) is 1.27. The zero-order valence-corrected chi connectivity index (χ0v) is 5.65. The zero-order valence-electron chi connectivity index (χ0n) is 5.65. The van der Waals surface area contributed by atoms with E-state index in [1.807, 2.05) is 0 Å². The van der Waals surface area contributed by atoms with E-state index in [-0.39, 0.29) is 13.2 Å². The minimum atomic E-state index is -1.32. The lowest BCUT2D eigenvalue weighted by Gasteiger charge is -2.11. The third-order valence-corrected chi connectivity index (χ3v) is 0.612. The average Bonchev–Trinajstić information content (AvgIpc) is 1.63. The van der Waals surface area contributed by atoms with Crippen molar-refractivity contribution in [2.24, 2.45) is 0 Å². The lowest BCUT2D eigenvalue weighted by Crippen LogP contribution is -2.20. The van der Waals surface area contributed by atoms with Crippen LogP contribution in [0.1, 0.15) is 13.8 Å². The fourth-order valence-corrected chi connectivity index (χ4v) is 0.339. The van der Waals surface area contributed by atoms with E-state index >= 15 is 0 Å². The Kier molecular flexibility index (Phi) is 3.18. The van der Waals surface area contributed by atoms with Crippen LogP contribution in [0.4, 0.5) is 4.39 Å². The van der Waals surface area contributed by atoms with Crippen LogP contribution in [0.2, 0.25) is 0 Å². The van der Waals surface area contributed by atoms with Gasteiger partial charge in [-0.15, -0.1) is 0 Å². The standard InChI is InChI=1S/C6H10FNO/c1-6(2,7)5-9-4-3-8/h4-5H2,1-2H3. The molecule has 0 spiro atoms. The first-order chi connectivity index (χ1) is 4.06. The highest BCUT2D eigenvalue weighted by Gasteiger charge is 2.14. The number of halogens is 1. The Labute approximate surface area is 54.2 Å². The molecule has 0 aromatic rings. The van der Waals surface area contributed by atoms with Crippen LogP contribution in [0.3, 0.4) is 0 Å². The summed E-state index contributed by atoms with van der Waals surface area (Å²) >= 11 is 0. The molecular formula is C6H10FNO. The smallest absolute Gasteiger partial charge is 0.133 e. The minimum absolute atomic E-state index is 0.0133. The van der Waals surface area contributed by atoms with Gasteiger partial charge in [0.1, 0.15) is 12.3 Å². The Balaban J connectivity index is 3.20. The molecule has 0 fully saturated rings. The van der Waals surface area contributed by atoms with Crippen LogP contribution in [-0.4, -0.2) is 18.9 Å². The molecule has 9 heavy (non-hydrogen) atoms. The molecule has 2 nitrogen and oxygen atoms in total. The summed E-state index contributed by atoms with van der Waals surface area (Å²) in [6, 6.07) is 1.75. The third-order valence-electron chi connectivity index (χ3n) is 0.612. The van der Waals surface area contributed by atoms with Crippen LogP contribution < -0.4 is 0 Å². The number of rotatable bonds is 3. The van der Waals surface area contributed by atoms with Crippen molar-refractivity contribution in [2.45, 2.75) is 19.5 Å².